The molecule has 0 bridgehead atoms. The maximum absolute atomic E-state index is 13.1. The molecule has 2 rings (SSSR count). The van der Waals surface area contributed by atoms with Gasteiger partial charge in [-0.2, -0.15) is 0 Å². The first-order chi connectivity index (χ1) is 6.68. The van der Waals surface area contributed by atoms with Gasteiger partial charge in [0.2, 0.25) is 0 Å². The molecule has 1 aromatic carbocycles. The van der Waals surface area contributed by atoms with E-state index in [4.69, 9.17) is 5.73 Å². The number of hydrogen-bond donors (Lipinski definition) is 2. The Bertz CT molecular complexity index is 390. The highest BCUT2D eigenvalue weighted by atomic mass is 19.1. The van der Waals surface area contributed by atoms with Gasteiger partial charge in [-0.25, -0.2) is 4.39 Å². The summed E-state index contributed by atoms with van der Waals surface area (Å²) in [6.45, 7) is 0.804. The molecule has 1 aliphatic heterocycles. The Balaban J connectivity index is 2.58. The zero-order valence-electron chi connectivity index (χ0n) is 7.64. The predicted molar refractivity (Wildman–Crippen MR) is 51.7 cm³/mol. The molecule has 1 aromatic rings. The first-order valence-corrected chi connectivity index (χ1v) is 4.54. The van der Waals surface area contributed by atoms with E-state index in [-0.39, 0.29) is 5.56 Å². The van der Waals surface area contributed by atoms with E-state index in [9.17, 15) is 9.18 Å². The van der Waals surface area contributed by atoms with Crippen molar-refractivity contribution in [3.63, 3.8) is 0 Å². The molecule has 0 unspecified atom stereocenters. The van der Waals surface area contributed by atoms with Crippen molar-refractivity contribution >= 4 is 11.6 Å². The maximum atomic E-state index is 13.1. The molecule has 3 nitrogen and oxygen atoms in total. The Morgan fingerprint density at radius 3 is 3.00 bits per heavy atom. The van der Waals surface area contributed by atoms with Crippen molar-refractivity contribution in [3.05, 3.63) is 29.1 Å². The number of nitrogens with two attached hydrogens (primary N) is 1. The molecule has 1 aliphatic rings. The van der Waals surface area contributed by atoms with Crippen LogP contribution in [0.2, 0.25) is 0 Å². The molecule has 1 heterocycles. The number of anilines is 1. The van der Waals surface area contributed by atoms with Gasteiger partial charge >= 0.3 is 0 Å². The van der Waals surface area contributed by atoms with Gasteiger partial charge in [-0.15, -0.1) is 0 Å². The van der Waals surface area contributed by atoms with E-state index in [1.807, 2.05) is 0 Å². The molecule has 0 spiro atoms. The molecule has 14 heavy (non-hydrogen) atoms. The number of benzene rings is 1. The summed E-state index contributed by atoms with van der Waals surface area (Å²) in [7, 11) is 0. The van der Waals surface area contributed by atoms with Crippen molar-refractivity contribution in [1.82, 2.24) is 0 Å². The van der Waals surface area contributed by atoms with Crippen LogP contribution in [0.15, 0.2) is 12.1 Å². The van der Waals surface area contributed by atoms with Crippen LogP contribution in [0.1, 0.15) is 22.3 Å². The number of aryl methyl sites for hydroxylation is 1. The molecule has 4 heteroatoms. The molecule has 0 saturated heterocycles. The summed E-state index contributed by atoms with van der Waals surface area (Å²) < 4.78 is 13.1. The standard InChI is InChI=1S/C10H11FN2O/c11-7-4-6-2-1-3-13-9(6)8(5-7)10(12)14/h4-5,13H,1-3H2,(H2,12,14). The molecule has 0 saturated carbocycles. The SMILES string of the molecule is NC(=O)c1cc(F)cc2c1NCCC2. The molecule has 0 radical (unpaired) electrons. The first-order valence-electron chi connectivity index (χ1n) is 4.54. The Morgan fingerprint density at radius 2 is 2.29 bits per heavy atom. The molecular formula is C10H11FN2O. The topological polar surface area (TPSA) is 55.1 Å². The lowest BCUT2D eigenvalue weighted by Gasteiger charge is -2.20. The van der Waals surface area contributed by atoms with Crippen molar-refractivity contribution in [2.45, 2.75) is 12.8 Å². The van der Waals surface area contributed by atoms with Crippen LogP contribution in [0.4, 0.5) is 10.1 Å². The van der Waals surface area contributed by atoms with Gasteiger partial charge in [0, 0.05) is 6.54 Å². The minimum atomic E-state index is -0.588. The van der Waals surface area contributed by atoms with Gasteiger partial charge in [-0.05, 0) is 30.5 Å². The monoisotopic (exact) mass is 194 g/mol. The average molecular weight is 194 g/mol. The molecule has 0 fully saturated rings. The van der Waals surface area contributed by atoms with E-state index in [1.54, 1.807) is 0 Å². The van der Waals surface area contributed by atoms with E-state index in [0.29, 0.717) is 5.69 Å². The molecule has 0 atom stereocenters. The average Bonchev–Trinajstić information content (AvgIpc) is 2.16. The summed E-state index contributed by atoms with van der Waals surface area (Å²) in [4.78, 5) is 11.0. The number of rotatable bonds is 1. The van der Waals surface area contributed by atoms with Gasteiger partial charge in [0.25, 0.3) is 5.91 Å². The molecular weight excluding hydrogens is 183 g/mol. The fourth-order valence-corrected chi connectivity index (χ4v) is 1.76. The van der Waals surface area contributed by atoms with Crippen LogP contribution >= 0.6 is 0 Å². The van der Waals surface area contributed by atoms with Gasteiger partial charge in [-0.3, -0.25) is 4.79 Å². The lowest BCUT2D eigenvalue weighted by atomic mass is 9.99. The zero-order valence-corrected chi connectivity index (χ0v) is 7.64. The van der Waals surface area contributed by atoms with Gasteiger partial charge in [-0.1, -0.05) is 0 Å². The molecule has 1 amide bonds. The summed E-state index contributed by atoms with van der Waals surface area (Å²) in [5, 5.41) is 3.07. The Kier molecular flexibility index (Phi) is 2.11. The van der Waals surface area contributed by atoms with E-state index in [0.717, 1.165) is 24.9 Å². The van der Waals surface area contributed by atoms with Crippen LogP contribution in [-0.2, 0) is 6.42 Å². The summed E-state index contributed by atoms with van der Waals surface area (Å²) in [5.41, 5.74) is 6.95. The fraction of sp³-hybridized carbons (Fsp3) is 0.300. The Morgan fingerprint density at radius 1 is 1.50 bits per heavy atom. The second kappa shape index (κ2) is 3.29. The molecule has 0 aliphatic carbocycles. The van der Waals surface area contributed by atoms with Crippen LogP contribution in [0.3, 0.4) is 0 Å². The first kappa shape index (κ1) is 8.99. The maximum Gasteiger partial charge on any atom is 0.250 e. The number of fused-ring (bicyclic) bond motifs is 1. The van der Waals surface area contributed by atoms with Crippen LogP contribution in [0.25, 0.3) is 0 Å². The molecule has 74 valence electrons. The highest BCUT2D eigenvalue weighted by Crippen LogP contribution is 2.26. The molecule has 3 N–H and O–H groups in total. The quantitative estimate of drug-likeness (QED) is 0.707. The van der Waals surface area contributed by atoms with Crippen molar-refractivity contribution in [3.8, 4) is 0 Å². The highest BCUT2D eigenvalue weighted by molar-refractivity contribution is 5.99. The minimum Gasteiger partial charge on any atom is -0.384 e. The van der Waals surface area contributed by atoms with E-state index in [2.05, 4.69) is 5.32 Å². The van der Waals surface area contributed by atoms with Gasteiger partial charge in [0.05, 0.1) is 11.3 Å². The molecule has 0 aromatic heterocycles. The van der Waals surface area contributed by atoms with Gasteiger partial charge in [0.15, 0.2) is 0 Å². The second-order valence-electron chi connectivity index (χ2n) is 3.38. The largest absolute Gasteiger partial charge is 0.384 e. The lowest BCUT2D eigenvalue weighted by molar-refractivity contribution is 0.100. The number of amides is 1. The number of carbonyl (C=O) groups is 1. The minimum absolute atomic E-state index is 0.250. The van der Waals surface area contributed by atoms with Crippen LogP contribution < -0.4 is 11.1 Å². The number of hydrogen-bond acceptors (Lipinski definition) is 2. The van der Waals surface area contributed by atoms with Crippen LogP contribution in [0, 0.1) is 5.82 Å². The second-order valence-corrected chi connectivity index (χ2v) is 3.38. The van der Waals surface area contributed by atoms with Gasteiger partial charge < -0.3 is 11.1 Å². The lowest BCUT2D eigenvalue weighted by Crippen LogP contribution is -2.20. The predicted octanol–water partition coefficient (Wildman–Crippen LogP) is 1.28. The Hall–Kier alpha value is -1.58. The number of primary amides is 1. The Labute approximate surface area is 81.1 Å². The third-order valence-corrected chi connectivity index (χ3v) is 2.37. The third kappa shape index (κ3) is 1.43. The summed E-state index contributed by atoms with van der Waals surface area (Å²) in [6.07, 6.45) is 1.75. The third-order valence-electron chi connectivity index (χ3n) is 2.37. The number of nitrogens with one attached hydrogen (secondary N) is 1. The van der Waals surface area contributed by atoms with Crippen molar-refractivity contribution in [2.24, 2.45) is 5.73 Å². The smallest absolute Gasteiger partial charge is 0.250 e. The van der Waals surface area contributed by atoms with Crippen molar-refractivity contribution in [2.75, 3.05) is 11.9 Å². The van der Waals surface area contributed by atoms with Crippen molar-refractivity contribution in [1.29, 1.82) is 0 Å². The van der Waals surface area contributed by atoms with E-state index < -0.39 is 11.7 Å². The van der Waals surface area contributed by atoms with E-state index >= 15 is 0 Å². The fourth-order valence-electron chi connectivity index (χ4n) is 1.76. The van der Waals surface area contributed by atoms with Gasteiger partial charge in [0.1, 0.15) is 5.82 Å². The normalized spacial score (nSPS) is 14.4. The van der Waals surface area contributed by atoms with E-state index in [1.165, 1.54) is 12.1 Å². The summed E-state index contributed by atoms with van der Waals surface area (Å²) >= 11 is 0. The number of halogens is 1. The number of carbonyl (C=O) groups excluding carboxylic acids is 1. The summed E-state index contributed by atoms with van der Waals surface area (Å²) in [5.74, 6) is -0.989. The van der Waals surface area contributed by atoms with Crippen molar-refractivity contribution < 1.29 is 9.18 Å². The summed E-state index contributed by atoms with van der Waals surface area (Å²) in [6, 6.07) is 2.63. The van der Waals surface area contributed by atoms with Crippen LogP contribution in [-0.4, -0.2) is 12.5 Å². The zero-order chi connectivity index (χ0) is 10.1. The highest BCUT2D eigenvalue weighted by Gasteiger charge is 2.17. The van der Waals surface area contributed by atoms with Crippen LogP contribution in [0.5, 0.6) is 0 Å².